The Hall–Kier alpha value is -2.54. The normalized spacial score (nSPS) is 15.4. The van der Waals surface area contributed by atoms with Crippen LogP contribution in [0.5, 0.6) is 5.75 Å². The lowest BCUT2D eigenvalue weighted by molar-refractivity contribution is -0.123. The summed E-state index contributed by atoms with van der Waals surface area (Å²) in [6.45, 7) is 3.86. The SMILES string of the molecule is CC[C@H](NC(=O)[C@@H](CC)N(c1ccc(OC)cc1)S(C)(=O)=O)c1ccc2c(c1)CCCC2. The molecule has 0 spiro atoms. The van der Waals surface area contributed by atoms with Crippen LogP contribution in [-0.2, 0) is 27.7 Å². The van der Waals surface area contributed by atoms with Crippen LogP contribution in [0.15, 0.2) is 42.5 Å². The van der Waals surface area contributed by atoms with Crippen LogP contribution in [-0.4, -0.2) is 33.7 Å². The van der Waals surface area contributed by atoms with Crippen molar-refractivity contribution in [3.05, 3.63) is 59.2 Å². The molecule has 0 bridgehead atoms. The van der Waals surface area contributed by atoms with Gasteiger partial charge in [-0.2, -0.15) is 0 Å². The van der Waals surface area contributed by atoms with E-state index in [2.05, 4.69) is 23.5 Å². The molecule has 0 aliphatic heterocycles. The molecule has 1 aliphatic rings. The molecule has 1 aliphatic carbocycles. The summed E-state index contributed by atoms with van der Waals surface area (Å²) < 4.78 is 31.8. The number of aryl methyl sites for hydroxylation is 2. The van der Waals surface area contributed by atoms with E-state index in [1.807, 2.05) is 13.8 Å². The van der Waals surface area contributed by atoms with Crippen LogP contribution in [0.1, 0.15) is 62.3 Å². The number of amides is 1. The number of ether oxygens (including phenoxy) is 1. The topological polar surface area (TPSA) is 75.7 Å². The molecule has 7 heteroatoms. The maximum atomic E-state index is 13.3. The van der Waals surface area contributed by atoms with Crippen LogP contribution in [0.3, 0.4) is 0 Å². The Morgan fingerprint density at radius 2 is 1.69 bits per heavy atom. The molecule has 0 saturated carbocycles. The Balaban J connectivity index is 1.86. The van der Waals surface area contributed by atoms with Gasteiger partial charge >= 0.3 is 0 Å². The summed E-state index contributed by atoms with van der Waals surface area (Å²) in [5.74, 6) is 0.330. The van der Waals surface area contributed by atoms with Gasteiger partial charge in [0.2, 0.25) is 15.9 Å². The molecule has 0 aromatic heterocycles. The van der Waals surface area contributed by atoms with E-state index in [0.717, 1.165) is 31.1 Å². The number of carbonyl (C=O) groups excluding carboxylic acids is 1. The third kappa shape index (κ3) is 5.44. The zero-order chi connectivity index (χ0) is 23.3. The number of rotatable bonds is 9. The molecule has 174 valence electrons. The van der Waals surface area contributed by atoms with Crippen LogP contribution < -0.4 is 14.4 Å². The fourth-order valence-corrected chi connectivity index (χ4v) is 5.66. The minimum Gasteiger partial charge on any atom is -0.497 e. The van der Waals surface area contributed by atoms with E-state index in [0.29, 0.717) is 17.9 Å². The van der Waals surface area contributed by atoms with Gasteiger partial charge in [-0.05, 0) is 79.5 Å². The standard InChI is InChI=1S/C25H34N2O4S/c1-5-23(20-12-11-18-9-7-8-10-19(18)17-20)26-25(28)24(6-2)27(32(4,29)30)21-13-15-22(31-3)16-14-21/h11-17,23-24H,5-10H2,1-4H3,(H,26,28)/t23-,24+/m0/s1. The molecule has 1 N–H and O–H groups in total. The van der Waals surface area contributed by atoms with E-state index in [9.17, 15) is 13.2 Å². The molecule has 0 unspecified atom stereocenters. The van der Waals surface area contributed by atoms with Gasteiger partial charge in [-0.25, -0.2) is 8.42 Å². The maximum absolute atomic E-state index is 13.3. The summed E-state index contributed by atoms with van der Waals surface area (Å²) in [5, 5.41) is 3.12. The van der Waals surface area contributed by atoms with E-state index in [1.54, 1.807) is 31.4 Å². The number of benzene rings is 2. The Kier molecular flexibility index (Phi) is 7.82. The summed E-state index contributed by atoms with van der Waals surface area (Å²) in [6, 6.07) is 12.2. The average Bonchev–Trinajstić information content (AvgIpc) is 2.79. The van der Waals surface area contributed by atoms with Gasteiger partial charge in [0.05, 0.1) is 25.1 Å². The van der Waals surface area contributed by atoms with E-state index in [4.69, 9.17) is 4.74 Å². The predicted molar refractivity (Wildman–Crippen MR) is 129 cm³/mol. The second kappa shape index (κ2) is 10.4. The first kappa shape index (κ1) is 24.1. The molecule has 0 fully saturated rings. The Labute approximate surface area is 192 Å². The monoisotopic (exact) mass is 458 g/mol. The van der Waals surface area contributed by atoms with Gasteiger partial charge in [0.15, 0.2) is 0 Å². The van der Waals surface area contributed by atoms with Crippen molar-refractivity contribution < 1.29 is 17.9 Å². The van der Waals surface area contributed by atoms with Gasteiger partial charge in [0.1, 0.15) is 11.8 Å². The molecular formula is C25H34N2O4S. The number of fused-ring (bicyclic) bond motifs is 1. The van der Waals surface area contributed by atoms with Crippen molar-refractivity contribution in [2.75, 3.05) is 17.7 Å². The second-order valence-corrected chi connectivity index (χ2v) is 10.2. The van der Waals surface area contributed by atoms with Gasteiger partial charge in [0, 0.05) is 0 Å². The van der Waals surface area contributed by atoms with E-state index in [-0.39, 0.29) is 11.9 Å². The van der Waals surface area contributed by atoms with Gasteiger partial charge < -0.3 is 10.1 Å². The van der Waals surface area contributed by atoms with Crippen molar-refractivity contribution in [3.8, 4) is 5.75 Å². The highest BCUT2D eigenvalue weighted by atomic mass is 32.2. The Morgan fingerprint density at radius 1 is 1.03 bits per heavy atom. The maximum Gasteiger partial charge on any atom is 0.244 e. The third-order valence-corrected chi connectivity index (χ3v) is 7.34. The number of carbonyl (C=O) groups is 1. The summed E-state index contributed by atoms with van der Waals surface area (Å²) in [6.07, 6.45) is 6.82. The molecule has 2 aromatic rings. The molecule has 2 aromatic carbocycles. The lowest BCUT2D eigenvalue weighted by Crippen LogP contribution is -2.50. The quantitative estimate of drug-likeness (QED) is 0.605. The Bertz CT molecular complexity index is 1030. The van der Waals surface area contributed by atoms with Gasteiger partial charge in [-0.3, -0.25) is 9.10 Å². The molecular weight excluding hydrogens is 424 g/mol. The summed E-state index contributed by atoms with van der Waals surface area (Å²) in [7, 11) is -2.13. The smallest absolute Gasteiger partial charge is 0.244 e. The highest BCUT2D eigenvalue weighted by molar-refractivity contribution is 7.92. The molecule has 6 nitrogen and oxygen atoms in total. The fraction of sp³-hybridized carbons (Fsp3) is 0.480. The minimum absolute atomic E-state index is 0.166. The van der Waals surface area contributed by atoms with Crippen LogP contribution in [0.25, 0.3) is 0 Å². The van der Waals surface area contributed by atoms with E-state index in [1.165, 1.54) is 28.3 Å². The minimum atomic E-state index is -3.68. The molecule has 1 amide bonds. The van der Waals surface area contributed by atoms with Crippen LogP contribution in [0.2, 0.25) is 0 Å². The average molecular weight is 459 g/mol. The van der Waals surface area contributed by atoms with Crippen LogP contribution in [0.4, 0.5) is 5.69 Å². The lowest BCUT2D eigenvalue weighted by atomic mass is 9.88. The van der Waals surface area contributed by atoms with Crippen molar-refractivity contribution in [2.45, 2.75) is 64.5 Å². The van der Waals surface area contributed by atoms with Crippen molar-refractivity contribution in [1.82, 2.24) is 5.32 Å². The first-order chi connectivity index (χ1) is 15.3. The van der Waals surface area contributed by atoms with Crippen LogP contribution >= 0.6 is 0 Å². The number of hydrogen-bond donors (Lipinski definition) is 1. The van der Waals surface area contributed by atoms with Crippen molar-refractivity contribution >= 4 is 21.6 Å². The van der Waals surface area contributed by atoms with Gasteiger partial charge in [-0.1, -0.05) is 32.0 Å². The van der Waals surface area contributed by atoms with Crippen molar-refractivity contribution in [3.63, 3.8) is 0 Å². The van der Waals surface area contributed by atoms with Crippen LogP contribution in [0, 0.1) is 0 Å². The number of nitrogens with one attached hydrogen (secondary N) is 1. The van der Waals surface area contributed by atoms with E-state index < -0.39 is 16.1 Å². The zero-order valence-electron chi connectivity index (χ0n) is 19.4. The largest absolute Gasteiger partial charge is 0.497 e. The fourth-order valence-electron chi connectivity index (χ4n) is 4.45. The highest BCUT2D eigenvalue weighted by Crippen LogP contribution is 2.28. The number of nitrogens with zero attached hydrogens (tertiary/aromatic N) is 1. The number of sulfonamides is 1. The molecule has 3 rings (SSSR count). The first-order valence-electron chi connectivity index (χ1n) is 11.3. The predicted octanol–water partition coefficient (Wildman–Crippen LogP) is 4.39. The summed E-state index contributed by atoms with van der Waals surface area (Å²) in [4.78, 5) is 13.3. The second-order valence-electron chi connectivity index (χ2n) is 8.39. The molecule has 0 saturated heterocycles. The third-order valence-electron chi connectivity index (χ3n) is 6.16. The summed E-state index contributed by atoms with van der Waals surface area (Å²) >= 11 is 0. The number of methoxy groups -OCH3 is 1. The van der Waals surface area contributed by atoms with E-state index >= 15 is 0 Å². The molecule has 0 heterocycles. The first-order valence-corrected chi connectivity index (χ1v) is 13.2. The number of anilines is 1. The van der Waals surface area contributed by atoms with Gasteiger partial charge in [-0.15, -0.1) is 0 Å². The van der Waals surface area contributed by atoms with Crippen molar-refractivity contribution in [2.24, 2.45) is 0 Å². The summed E-state index contributed by atoms with van der Waals surface area (Å²) in [5.41, 5.74) is 4.28. The molecule has 2 atom stereocenters. The lowest BCUT2D eigenvalue weighted by Gasteiger charge is -2.31. The van der Waals surface area contributed by atoms with Crippen molar-refractivity contribution in [1.29, 1.82) is 0 Å². The highest BCUT2D eigenvalue weighted by Gasteiger charge is 2.32. The zero-order valence-corrected chi connectivity index (χ0v) is 20.2. The number of hydrogen-bond acceptors (Lipinski definition) is 4. The molecule has 32 heavy (non-hydrogen) atoms. The van der Waals surface area contributed by atoms with Gasteiger partial charge in [0.25, 0.3) is 0 Å². The Morgan fingerprint density at radius 3 is 2.25 bits per heavy atom. The molecule has 0 radical (unpaired) electrons.